The average Bonchev–Trinajstić information content (AvgIpc) is 3.05. The van der Waals surface area contributed by atoms with E-state index >= 15 is 0 Å². The Morgan fingerprint density at radius 2 is 1.89 bits per heavy atom. The molecule has 4 nitrogen and oxygen atoms in total. The minimum absolute atomic E-state index is 0.0379. The van der Waals surface area contributed by atoms with E-state index in [0.717, 1.165) is 25.9 Å². The monoisotopic (exact) mass is 266 g/mol. The fraction of sp³-hybridized carbons (Fsp3) is 0.867. The second kappa shape index (κ2) is 5.14. The summed E-state index contributed by atoms with van der Waals surface area (Å²) < 4.78 is 0. The van der Waals surface area contributed by atoms with Crippen molar-refractivity contribution in [2.75, 3.05) is 13.1 Å². The fourth-order valence-electron chi connectivity index (χ4n) is 2.84. The van der Waals surface area contributed by atoms with E-state index in [2.05, 4.69) is 12.2 Å². The highest BCUT2D eigenvalue weighted by molar-refractivity contribution is 5.92. The molecular weight excluding hydrogens is 240 g/mol. The average molecular weight is 266 g/mol. The molecule has 1 saturated heterocycles. The van der Waals surface area contributed by atoms with Crippen LogP contribution >= 0.6 is 0 Å². The van der Waals surface area contributed by atoms with Crippen molar-refractivity contribution in [2.24, 2.45) is 17.8 Å². The first kappa shape index (κ1) is 14.4. The number of carbonyl (C=O) groups is 2. The van der Waals surface area contributed by atoms with E-state index in [1.54, 1.807) is 0 Å². The molecule has 1 aliphatic heterocycles. The van der Waals surface area contributed by atoms with E-state index in [4.69, 9.17) is 0 Å². The molecule has 19 heavy (non-hydrogen) atoms. The molecule has 1 saturated carbocycles. The van der Waals surface area contributed by atoms with Gasteiger partial charge in [-0.2, -0.15) is 0 Å². The van der Waals surface area contributed by atoms with Gasteiger partial charge in [0.2, 0.25) is 11.8 Å². The number of likely N-dealkylation sites (tertiary alicyclic amines) is 1. The minimum Gasteiger partial charge on any atom is -0.351 e. The second-order valence-electron chi connectivity index (χ2n) is 7.22. The standard InChI is InChI=1S/C15H26N2O2/c1-10-6-5-7-17(9-10)14(19)12-8-11(12)13(18)16-15(2,3)4/h10-12H,5-9H2,1-4H3,(H,16,18). The van der Waals surface area contributed by atoms with Crippen LogP contribution in [0.5, 0.6) is 0 Å². The minimum atomic E-state index is -0.215. The second-order valence-corrected chi connectivity index (χ2v) is 7.22. The number of amides is 2. The third-order valence-electron chi connectivity index (χ3n) is 3.91. The first-order valence-corrected chi connectivity index (χ1v) is 7.39. The summed E-state index contributed by atoms with van der Waals surface area (Å²) in [5, 5.41) is 2.97. The van der Waals surface area contributed by atoms with Crippen molar-refractivity contribution in [3.63, 3.8) is 0 Å². The molecule has 3 atom stereocenters. The molecule has 1 N–H and O–H groups in total. The summed E-state index contributed by atoms with van der Waals surface area (Å²) in [7, 11) is 0. The maximum Gasteiger partial charge on any atom is 0.226 e. The highest BCUT2D eigenvalue weighted by atomic mass is 16.2. The number of rotatable bonds is 2. The van der Waals surface area contributed by atoms with Crippen molar-refractivity contribution in [3.05, 3.63) is 0 Å². The van der Waals surface area contributed by atoms with Gasteiger partial charge >= 0.3 is 0 Å². The number of carbonyl (C=O) groups excluding carboxylic acids is 2. The molecule has 2 fully saturated rings. The largest absolute Gasteiger partial charge is 0.351 e. The van der Waals surface area contributed by atoms with Gasteiger partial charge in [0.05, 0.1) is 11.8 Å². The van der Waals surface area contributed by atoms with Crippen LogP contribution in [0.2, 0.25) is 0 Å². The molecule has 2 rings (SSSR count). The van der Waals surface area contributed by atoms with Gasteiger partial charge in [0.15, 0.2) is 0 Å². The lowest BCUT2D eigenvalue weighted by atomic mass is 10.00. The van der Waals surface area contributed by atoms with Gasteiger partial charge in [-0.15, -0.1) is 0 Å². The topological polar surface area (TPSA) is 49.4 Å². The highest BCUT2D eigenvalue weighted by Gasteiger charge is 2.50. The molecule has 0 spiro atoms. The van der Waals surface area contributed by atoms with Crippen molar-refractivity contribution in [2.45, 2.75) is 52.5 Å². The van der Waals surface area contributed by atoms with Crippen LogP contribution in [0.4, 0.5) is 0 Å². The summed E-state index contributed by atoms with van der Waals surface area (Å²) in [4.78, 5) is 26.3. The van der Waals surface area contributed by atoms with Crippen LogP contribution in [0.1, 0.15) is 47.0 Å². The number of hydrogen-bond donors (Lipinski definition) is 1. The Morgan fingerprint density at radius 1 is 1.21 bits per heavy atom. The maximum atomic E-state index is 12.3. The molecule has 2 amide bonds. The molecule has 0 bridgehead atoms. The Bertz CT molecular complexity index is 373. The molecule has 108 valence electrons. The Kier molecular flexibility index (Phi) is 3.88. The quantitative estimate of drug-likeness (QED) is 0.828. The van der Waals surface area contributed by atoms with Crippen molar-refractivity contribution >= 4 is 11.8 Å². The normalized spacial score (nSPS) is 30.9. The van der Waals surface area contributed by atoms with Crippen LogP contribution in [-0.2, 0) is 9.59 Å². The Labute approximate surface area is 115 Å². The zero-order chi connectivity index (χ0) is 14.2. The fourth-order valence-corrected chi connectivity index (χ4v) is 2.84. The molecule has 0 radical (unpaired) electrons. The lowest BCUT2D eigenvalue weighted by Gasteiger charge is -2.31. The zero-order valence-corrected chi connectivity index (χ0v) is 12.5. The molecule has 0 aromatic heterocycles. The van der Waals surface area contributed by atoms with E-state index in [9.17, 15) is 9.59 Å². The van der Waals surface area contributed by atoms with Crippen molar-refractivity contribution in [1.82, 2.24) is 10.2 Å². The van der Waals surface area contributed by atoms with Gasteiger partial charge < -0.3 is 10.2 Å². The molecule has 1 aliphatic carbocycles. The van der Waals surface area contributed by atoms with Crippen molar-refractivity contribution in [3.8, 4) is 0 Å². The molecule has 0 aromatic carbocycles. The Balaban J connectivity index is 1.85. The molecule has 3 unspecified atom stereocenters. The van der Waals surface area contributed by atoms with Gasteiger partial charge in [-0.3, -0.25) is 9.59 Å². The van der Waals surface area contributed by atoms with E-state index in [0.29, 0.717) is 5.92 Å². The molecule has 2 aliphatic rings. The summed E-state index contributed by atoms with van der Waals surface area (Å²) in [5.41, 5.74) is -0.215. The Hall–Kier alpha value is -1.06. The summed E-state index contributed by atoms with van der Waals surface area (Å²) in [6.45, 7) is 9.83. The van der Waals surface area contributed by atoms with Crippen LogP contribution in [0.25, 0.3) is 0 Å². The van der Waals surface area contributed by atoms with Crippen LogP contribution in [0.3, 0.4) is 0 Å². The predicted molar refractivity (Wildman–Crippen MR) is 74.5 cm³/mol. The summed E-state index contributed by atoms with van der Waals surface area (Å²) in [6, 6.07) is 0. The lowest BCUT2D eigenvalue weighted by Crippen LogP contribution is -2.43. The zero-order valence-electron chi connectivity index (χ0n) is 12.5. The van der Waals surface area contributed by atoms with Crippen LogP contribution < -0.4 is 5.32 Å². The third kappa shape index (κ3) is 3.71. The molecule has 4 heteroatoms. The van der Waals surface area contributed by atoms with Crippen LogP contribution in [0.15, 0.2) is 0 Å². The first-order valence-electron chi connectivity index (χ1n) is 7.39. The number of nitrogens with zero attached hydrogens (tertiary/aromatic N) is 1. The van der Waals surface area contributed by atoms with Gasteiger partial charge in [0.25, 0.3) is 0 Å². The molecular formula is C15H26N2O2. The highest BCUT2D eigenvalue weighted by Crippen LogP contribution is 2.41. The van der Waals surface area contributed by atoms with Gasteiger partial charge in [-0.05, 0) is 46.0 Å². The molecule has 0 aromatic rings. The van der Waals surface area contributed by atoms with Gasteiger partial charge in [0, 0.05) is 18.6 Å². The van der Waals surface area contributed by atoms with Gasteiger partial charge in [-0.1, -0.05) is 6.92 Å². The van der Waals surface area contributed by atoms with E-state index < -0.39 is 0 Å². The number of hydrogen-bond acceptors (Lipinski definition) is 2. The maximum absolute atomic E-state index is 12.3. The summed E-state index contributed by atoms with van der Waals surface area (Å²) >= 11 is 0. The van der Waals surface area contributed by atoms with Crippen LogP contribution in [-0.4, -0.2) is 35.3 Å². The van der Waals surface area contributed by atoms with Crippen LogP contribution in [0, 0.1) is 17.8 Å². The SMILES string of the molecule is CC1CCCN(C(=O)C2CC2C(=O)NC(C)(C)C)C1. The number of nitrogens with one attached hydrogen (secondary N) is 1. The number of piperidine rings is 1. The Morgan fingerprint density at radius 3 is 2.47 bits per heavy atom. The van der Waals surface area contributed by atoms with E-state index in [-0.39, 0.29) is 29.2 Å². The van der Waals surface area contributed by atoms with Crippen molar-refractivity contribution in [1.29, 1.82) is 0 Å². The smallest absolute Gasteiger partial charge is 0.226 e. The first-order chi connectivity index (χ1) is 8.78. The third-order valence-corrected chi connectivity index (χ3v) is 3.91. The van der Waals surface area contributed by atoms with Gasteiger partial charge in [-0.25, -0.2) is 0 Å². The predicted octanol–water partition coefficient (Wildman–Crippen LogP) is 1.80. The lowest BCUT2D eigenvalue weighted by molar-refractivity contribution is -0.136. The van der Waals surface area contributed by atoms with E-state index in [1.165, 1.54) is 6.42 Å². The van der Waals surface area contributed by atoms with E-state index in [1.807, 2.05) is 25.7 Å². The van der Waals surface area contributed by atoms with Crippen molar-refractivity contribution < 1.29 is 9.59 Å². The summed E-state index contributed by atoms with van der Waals surface area (Å²) in [6.07, 6.45) is 3.03. The van der Waals surface area contributed by atoms with Gasteiger partial charge in [0.1, 0.15) is 0 Å². The molecule has 1 heterocycles. The summed E-state index contributed by atoms with van der Waals surface area (Å²) in [5.74, 6) is 0.673.